The molecule has 0 amide bonds. The van der Waals surface area contributed by atoms with E-state index in [-0.39, 0.29) is 37.2 Å². The number of allylic oxidation sites excluding steroid dienone is 2. The molecule has 0 unspecified atom stereocenters. The number of pyridine rings is 1. The first-order valence-electron chi connectivity index (χ1n) is 17.4. The minimum absolute atomic E-state index is 0. The Hall–Kier alpha value is -3.01. The molecule has 0 aliphatic carbocycles. The van der Waals surface area contributed by atoms with Crippen LogP contribution in [0.25, 0.3) is 32.8 Å². The molecule has 4 aromatic rings. The fourth-order valence-corrected chi connectivity index (χ4v) is 6.64. The SMILES string of the molecule is CC(C)Cc1cc2c3c(nccc3c1)-c1[c-]c3ccccc3c(CC(C)C)c1O2.CCC(CC)/C(O)=C(\C)C(=O)C(C)(CC)CC.[Ir]. The van der Waals surface area contributed by atoms with Crippen LogP contribution in [-0.2, 0) is 37.7 Å². The monoisotopic (exact) mass is 813 g/mol. The summed E-state index contributed by atoms with van der Waals surface area (Å²) in [6.45, 7) is 20.9. The molecule has 0 saturated heterocycles. The van der Waals surface area contributed by atoms with E-state index >= 15 is 0 Å². The van der Waals surface area contributed by atoms with E-state index in [1.165, 1.54) is 21.9 Å². The molecule has 1 aliphatic rings. The van der Waals surface area contributed by atoms with Gasteiger partial charge in [0.25, 0.3) is 0 Å². The van der Waals surface area contributed by atoms with Gasteiger partial charge in [0, 0.05) is 54.3 Å². The zero-order chi connectivity index (χ0) is 33.8. The number of hydrogen-bond acceptors (Lipinski definition) is 4. The van der Waals surface area contributed by atoms with Crippen LogP contribution in [0.15, 0.2) is 60.0 Å². The van der Waals surface area contributed by atoms with Crippen molar-refractivity contribution in [2.75, 3.05) is 0 Å². The number of rotatable bonds is 11. The normalized spacial score (nSPS) is 12.8. The summed E-state index contributed by atoms with van der Waals surface area (Å²) >= 11 is 0. The van der Waals surface area contributed by atoms with E-state index in [4.69, 9.17) is 9.72 Å². The number of ketones is 1. The van der Waals surface area contributed by atoms with Crippen molar-refractivity contribution < 1.29 is 34.7 Å². The summed E-state index contributed by atoms with van der Waals surface area (Å²) in [7, 11) is 0. The Morgan fingerprint density at radius 3 is 2.19 bits per heavy atom. The minimum atomic E-state index is -0.329. The molecule has 0 atom stereocenters. The van der Waals surface area contributed by atoms with Crippen LogP contribution in [0.3, 0.4) is 0 Å². The number of aliphatic hydroxyl groups is 1. The number of carbonyl (C=O) groups is 1. The second kappa shape index (κ2) is 16.4. The molecule has 255 valence electrons. The van der Waals surface area contributed by atoms with Gasteiger partial charge in [-0.25, -0.2) is 0 Å². The fourth-order valence-electron chi connectivity index (χ4n) is 6.64. The van der Waals surface area contributed by atoms with Crippen molar-refractivity contribution in [2.24, 2.45) is 23.2 Å². The second-order valence-corrected chi connectivity index (χ2v) is 14.1. The number of hydrogen-bond donors (Lipinski definition) is 1. The number of benzene rings is 3. The molecule has 47 heavy (non-hydrogen) atoms. The molecule has 1 aromatic heterocycles. The van der Waals surface area contributed by atoms with Crippen molar-refractivity contribution in [1.82, 2.24) is 4.98 Å². The van der Waals surface area contributed by atoms with Gasteiger partial charge >= 0.3 is 0 Å². The van der Waals surface area contributed by atoms with Gasteiger partial charge in [-0.2, -0.15) is 0 Å². The predicted molar refractivity (Wildman–Crippen MR) is 194 cm³/mol. The summed E-state index contributed by atoms with van der Waals surface area (Å²) in [5.41, 5.74) is 4.80. The molecule has 0 saturated carbocycles. The predicted octanol–water partition coefficient (Wildman–Crippen LogP) is 12.0. The van der Waals surface area contributed by atoms with Gasteiger partial charge in [0.05, 0.1) is 5.75 Å². The summed E-state index contributed by atoms with van der Waals surface area (Å²) in [4.78, 5) is 17.2. The summed E-state index contributed by atoms with van der Waals surface area (Å²) < 4.78 is 6.64. The first-order valence-corrected chi connectivity index (χ1v) is 17.4. The summed E-state index contributed by atoms with van der Waals surface area (Å²) in [6.07, 6.45) is 7.31. The van der Waals surface area contributed by atoms with Gasteiger partial charge in [-0.05, 0) is 80.4 Å². The maximum Gasteiger partial charge on any atom is 0.167 e. The molecule has 0 spiro atoms. The van der Waals surface area contributed by atoms with Crippen molar-refractivity contribution in [3.63, 3.8) is 0 Å². The van der Waals surface area contributed by atoms with E-state index in [1.54, 1.807) is 6.92 Å². The van der Waals surface area contributed by atoms with Gasteiger partial charge in [-0.15, -0.1) is 17.5 Å². The Morgan fingerprint density at radius 2 is 1.60 bits per heavy atom. The van der Waals surface area contributed by atoms with Crippen LogP contribution in [0.4, 0.5) is 0 Å². The molecule has 0 fully saturated rings. The number of fused-ring (bicyclic) bond motifs is 3. The van der Waals surface area contributed by atoms with E-state index in [2.05, 4.69) is 76.2 Å². The van der Waals surface area contributed by atoms with Crippen LogP contribution in [0.1, 0.15) is 106 Å². The number of nitrogens with zero attached hydrogens (tertiary/aromatic N) is 1. The molecule has 3 aromatic carbocycles. The largest absolute Gasteiger partial charge is 0.512 e. The second-order valence-electron chi connectivity index (χ2n) is 14.1. The van der Waals surface area contributed by atoms with Gasteiger partial charge in [0.15, 0.2) is 5.78 Å². The maximum absolute atomic E-state index is 12.4. The molecule has 1 aliphatic heterocycles. The molecular weight excluding hydrogens is 759 g/mol. The van der Waals surface area contributed by atoms with Gasteiger partial charge in [-0.1, -0.05) is 103 Å². The fraction of sp³-hybridized carbons (Fsp3) is 0.476. The summed E-state index contributed by atoms with van der Waals surface area (Å²) in [5.74, 6) is 3.53. The topological polar surface area (TPSA) is 59.4 Å². The molecule has 1 radical (unpaired) electrons. The number of aromatic nitrogens is 1. The van der Waals surface area contributed by atoms with E-state index < -0.39 is 0 Å². The maximum atomic E-state index is 12.4. The Morgan fingerprint density at radius 1 is 0.957 bits per heavy atom. The Kier molecular flexibility index (Phi) is 13.4. The van der Waals surface area contributed by atoms with Crippen molar-refractivity contribution in [3.8, 4) is 22.8 Å². The quantitative estimate of drug-likeness (QED) is 0.0820. The third kappa shape index (κ3) is 8.18. The zero-order valence-corrected chi connectivity index (χ0v) is 32.5. The first-order chi connectivity index (χ1) is 21.9. The van der Waals surface area contributed by atoms with Crippen molar-refractivity contribution in [1.29, 1.82) is 0 Å². The van der Waals surface area contributed by atoms with Crippen LogP contribution in [0.5, 0.6) is 11.5 Å². The van der Waals surface area contributed by atoms with E-state index in [9.17, 15) is 9.90 Å². The smallest absolute Gasteiger partial charge is 0.167 e. The number of ether oxygens (including phenoxy) is 1. The third-order valence-electron chi connectivity index (χ3n) is 9.81. The van der Waals surface area contributed by atoms with Gasteiger partial charge in [-0.3, -0.25) is 9.78 Å². The number of aliphatic hydroxyl groups excluding tert-OH is 1. The van der Waals surface area contributed by atoms with E-state index in [1.807, 2.05) is 40.8 Å². The molecule has 5 heteroatoms. The molecular formula is C42H54IrNO3-. The average molecular weight is 813 g/mol. The van der Waals surface area contributed by atoms with Crippen LogP contribution in [0.2, 0.25) is 0 Å². The molecule has 0 bridgehead atoms. The Balaban J connectivity index is 0.000000290. The van der Waals surface area contributed by atoms with Crippen LogP contribution in [-0.4, -0.2) is 15.9 Å². The Bertz CT molecular complexity index is 1730. The van der Waals surface area contributed by atoms with E-state index in [0.29, 0.717) is 23.2 Å². The molecule has 2 heterocycles. The number of Topliss-reactive ketones (excluding diaryl/α,β-unsaturated/α-hetero) is 1. The van der Waals surface area contributed by atoms with Gasteiger partial charge in [0.2, 0.25) is 0 Å². The summed E-state index contributed by atoms with van der Waals surface area (Å²) in [6, 6.07) is 18.7. The van der Waals surface area contributed by atoms with Crippen LogP contribution >= 0.6 is 0 Å². The van der Waals surface area contributed by atoms with Crippen LogP contribution in [0, 0.1) is 29.2 Å². The molecule has 4 nitrogen and oxygen atoms in total. The zero-order valence-electron chi connectivity index (χ0n) is 30.1. The Labute approximate surface area is 296 Å². The average Bonchev–Trinajstić information content (AvgIpc) is 3.04. The third-order valence-corrected chi connectivity index (χ3v) is 9.81. The first kappa shape index (κ1) is 38.4. The molecule has 1 N–H and O–H groups in total. The van der Waals surface area contributed by atoms with Crippen LogP contribution < -0.4 is 4.74 Å². The minimum Gasteiger partial charge on any atom is -0.512 e. The van der Waals surface area contributed by atoms with E-state index in [0.717, 1.165) is 72.1 Å². The molecule has 5 rings (SSSR count). The van der Waals surface area contributed by atoms with Crippen molar-refractivity contribution in [3.05, 3.63) is 77.2 Å². The number of carbonyl (C=O) groups excluding carboxylic acids is 1. The summed E-state index contributed by atoms with van der Waals surface area (Å²) in [5, 5.41) is 14.8. The van der Waals surface area contributed by atoms with Gasteiger partial charge < -0.3 is 9.84 Å². The van der Waals surface area contributed by atoms with Gasteiger partial charge in [0.1, 0.15) is 11.5 Å². The van der Waals surface area contributed by atoms with Crippen molar-refractivity contribution >= 4 is 27.3 Å². The van der Waals surface area contributed by atoms with Crippen molar-refractivity contribution in [2.45, 2.75) is 108 Å². The standard InChI is InChI=1S/C27H26NO.C15H28O2.Ir/c1-16(2)11-18-13-20-9-10-28-26-23-15-19-7-5-6-8-21(19)22(12-17(3)4)27(23)29-24(14-18)25(20)26;1-7-12(8-2)13(16)11(5)14(17)15(6,9-3)10-4;/h5-10,13-14,16-17H,11-12H2,1-4H3;12,16H,7-10H2,1-6H3;/q-1;;/b;13-11-;.